The van der Waals surface area contributed by atoms with Gasteiger partial charge in [0.05, 0.1) is 11.0 Å². The summed E-state index contributed by atoms with van der Waals surface area (Å²) in [5, 5.41) is 9.18. The molecule has 2 aromatic rings. The molecule has 1 aromatic heterocycles. The van der Waals surface area contributed by atoms with Gasteiger partial charge in [0.1, 0.15) is 0 Å². The van der Waals surface area contributed by atoms with Crippen LogP contribution in [0.25, 0.3) is 11.0 Å². The van der Waals surface area contributed by atoms with Gasteiger partial charge in [-0.1, -0.05) is 13.0 Å². The van der Waals surface area contributed by atoms with Crippen molar-refractivity contribution in [1.82, 2.24) is 9.97 Å². The summed E-state index contributed by atoms with van der Waals surface area (Å²) in [7, 11) is 0. The van der Waals surface area contributed by atoms with Crippen LogP contribution in [0.15, 0.2) is 23.0 Å². The minimum Gasteiger partial charge on any atom is -0.396 e. The summed E-state index contributed by atoms with van der Waals surface area (Å²) < 4.78 is 0. The summed E-state index contributed by atoms with van der Waals surface area (Å²) in [4.78, 5) is 16.4. The van der Waals surface area contributed by atoms with Gasteiger partial charge in [0.15, 0.2) is 0 Å². The van der Waals surface area contributed by atoms with Crippen LogP contribution in [0.3, 0.4) is 0 Å². The van der Waals surface area contributed by atoms with E-state index in [2.05, 4.69) is 9.97 Å². The number of nitrogens with one attached hydrogen (secondary N) is 2. The minimum atomic E-state index is -0.195. The maximum absolute atomic E-state index is 11.0. The number of fused-ring (bicyclic) bond motifs is 1. The topological polar surface area (TPSA) is 68.9 Å². The van der Waals surface area contributed by atoms with E-state index in [1.807, 2.05) is 25.1 Å². The van der Waals surface area contributed by atoms with Crippen molar-refractivity contribution in [1.29, 1.82) is 0 Å². The van der Waals surface area contributed by atoms with E-state index < -0.39 is 0 Å². The summed E-state index contributed by atoms with van der Waals surface area (Å²) in [6.45, 7) is 2.17. The van der Waals surface area contributed by atoms with E-state index in [0.29, 0.717) is 0 Å². The molecule has 0 spiro atoms. The molecule has 2 rings (SSSR count). The van der Waals surface area contributed by atoms with Gasteiger partial charge in [-0.2, -0.15) is 0 Å². The van der Waals surface area contributed by atoms with Crippen molar-refractivity contribution in [2.45, 2.75) is 19.3 Å². The molecule has 0 aliphatic rings. The van der Waals surface area contributed by atoms with Crippen LogP contribution in [0, 0.1) is 0 Å². The number of hydrogen-bond donors (Lipinski definition) is 3. The fourth-order valence-corrected chi connectivity index (χ4v) is 1.77. The van der Waals surface area contributed by atoms with Crippen LogP contribution in [-0.2, 0) is 0 Å². The van der Waals surface area contributed by atoms with Gasteiger partial charge in [0.2, 0.25) is 0 Å². The maximum atomic E-state index is 11.0. The number of rotatable bonds is 3. The van der Waals surface area contributed by atoms with E-state index in [4.69, 9.17) is 0 Å². The van der Waals surface area contributed by atoms with Gasteiger partial charge >= 0.3 is 5.69 Å². The highest BCUT2D eigenvalue weighted by molar-refractivity contribution is 5.75. The number of H-pyrrole nitrogens is 2. The number of aromatic amines is 2. The van der Waals surface area contributed by atoms with Gasteiger partial charge < -0.3 is 15.1 Å². The Kier molecular flexibility index (Phi) is 2.60. The van der Waals surface area contributed by atoms with Crippen molar-refractivity contribution in [3.05, 3.63) is 34.2 Å². The molecule has 1 aromatic carbocycles. The molecule has 0 aliphatic carbocycles. The van der Waals surface area contributed by atoms with E-state index in [0.717, 1.165) is 23.0 Å². The van der Waals surface area contributed by atoms with Crippen LogP contribution >= 0.6 is 0 Å². The molecule has 0 saturated carbocycles. The first-order valence-corrected chi connectivity index (χ1v) is 5.07. The number of aromatic nitrogens is 2. The number of aliphatic hydroxyl groups excluding tert-OH is 1. The Balaban J connectivity index is 2.49. The summed E-state index contributed by atoms with van der Waals surface area (Å²) in [5.41, 5.74) is 2.46. The monoisotopic (exact) mass is 206 g/mol. The van der Waals surface area contributed by atoms with Gasteiger partial charge in [-0.25, -0.2) is 4.79 Å². The third kappa shape index (κ3) is 1.80. The van der Waals surface area contributed by atoms with Crippen molar-refractivity contribution in [2.24, 2.45) is 0 Å². The summed E-state index contributed by atoms with van der Waals surface area (Å²) in [5.74, 6) is 0.146. The lowest BCUT2D eigenvalue weighted by molar-refractivity contribution is 0.262. The SMILES string of the molecule is CCC(CO)c1ccc2[nH]c(=O)[nH]c2c1. The fraction of sp³-hybridized carbons (Fsp3) is 0.364. The average Bonchev–Trinajstić information content (AvgIpc) is 2.59. The maximum Gasteiger partial charge on any atom is 0.323 e. The van der Waals surface area contributed by atoms with Crippen LogP contribution in [0.1, 0.15) is 24.8 Å². The van der Waals surface area contributed by atoms with E-state index >= 15 is 0 Å². The van der Waals surface area contributed by atoms with Gasteiger partial charge in [0.25, 0.3) is 0 Å². The third-order valence-electron chi connectivity index (χ3n) is 2.72. The van der Waals surface area contributed by atoms with Crippen molar-refractivity contribution >= 4 is 11.0 Å². The van der Waals surface area contributed by atoms with Crippen molar-refractivity contribution in [3.8, 4) is 0 Å². The van der Waals surface area contributed by atoms with E-state index in [1.165, 1.54) is 0 Å². The first kappa shape index (κ1) is 9.98. The standard InChI is InChI=1S/C11H14N2O2/c1-2-7(6-14)8-3-4-9-10(5-8)13-11(15)12-9/h3-5,7,14H,2,6H2,1H3,(H2,12,13,15). The van der Waals surface area contributed by atoms with Gasteiger partial charge in [0, 0.05) is 12.5 Å². The van der Waals surface area contributed by atoms with Crippen LogP contribution in [0.4, 0.5) is 0 Å². The first-order valence-electron chi connectivity index (χ1n) is 5.07. The molecule has 1 heterocycles. The highest BCUT2D eigenvalue weighted by atomic mass is 16.3. The van der Waals surface area contributed by atoms with Crippen LogP contribution in [0.2, 0.25) is 0 Å². The number of hydrogen-bond acceptors (Lipinski definition) is 2. The Hall–Kier alpha value is -1.55. The summed E-state index contributed by atoms with van der Waals surface area (Å²) >= 11 is 0. The van der Waals surface area contributed by atoms with Gasteiger partial charge in [-0.15, -0.1) is 0 Å². The highest BCUT2D eigenvalue weighted by Crippen LogP contribution is 2.21. The number of benzene rings is 1. The zero-order valence-corrected chi connectivity index (χ0v) is 8.58. The Labute approximate surface area is 87.0 Å². The van der Waals surface area contributed by atoms with Gasteiger partial charge in [-0.3, -0.25) is 0 Å². The number of aliphatic hydroxyl groups is 1. The molecular formula is C11H14N2O2. The van der Waals surface area contributed by atoms with E-state index in [9.17, 15) is 9.90 Å². The molecule has 0 radical (unpaired) electrons. The molecule has 1 unspecified atom stereocenters. The first-order chi connectivity index (χ1) is 7.24. The van der Waals surface area contributed by atoms with Crippen LogP contribution in [-0.4, -0.2) is 21.7 Å². The molecule has 4 heteroatoms. The molecule has 0 fully saturated rings. The van der Waals surface area contributed by atoms with Crippen LogP contribution < -0.4 is 5.69 Å². The minimum absolute atomic E-state index is 0.136. The quantitative estimate of drug-likeness (QED) is 0.709. The third-order valence-corrected chi connectivity index (χ3v) is 2.72. The molecule has 3 N–H and O–H groups in total. The zero-order chi connectivity index (χ0) is 10.8. The van der Waals surface area contributed by atoms with Crippen molar-refractivity contribution < 1.29 is 5.11 Å². The average molecular weight is 206 g/mol. The second-order valence-corrected chi connectivity index (χ2v) is 3.67. The lowest BCUT2D eigenvalue weighted by Crippen LogP contribution is -2.02. The molecule has 0 aliphatic heterocycles. The van der Waals surface area contributed by atoms with E-state index in [1.54, 1.807) is 0 Å². The molecule has 80 valence electrons. The van der Waals surface area contributed by atoms with Crippen LogP contribution in [0.5, 0.6) is 0 Å². The predicted octanol–water partition coefficient (Wildman–Crippen LogP) is 1.34. The highest BCUT2D eigenvalue weighted by Gasteiger charge is 2.09. The Morgan fingerprint density at radius 2 is 2.07 bits per heavy atom. The lowest BCUT2D eigenvalue weighted by atomic mass is 9.97. The molecule has 0 saturated heterocycles. The fourth-order valence-electron chi connectivity index (χ4n) is 1.77. The van der Waals surface area contributed by atoms with Crippen molar-refractivity contribution in [2.75, 3.05) is 6.61 Å². The van der Waals surface area contributed by atoms with Crippen molar-refractivity contribution in [3.63, 3.8) is 0 Å². The Morgan fingerprint density at radius 1 is 1.33 bits per heavy atom. The molecular weight excluding hydrogens is 192 g/mol. The largest absolute Gasteiger partial charge is 0.396 e. The number of imidazole rings is 1. The molecule has 0 bridgehead atoms. The summed E-state index contributed by atoms with van der Waals surface area (Å²) in [6, 6.07) is 5.72. The lowest BCUT2D eigenvalue weighted by Gasteiger charge is -2.11. The molecule has 15 heavy (non-hydrogen) atoms. The summed E-state index contributed by atoms with van der Waals surface area (Å²) in [6.07, 6.45) is 0.886. The Morgan fingerprint density at radius 3 is 2.73 bits per heavy atom. The molecule has 1 atom stereocenters. The zero-order valence-electron chi connectivity index (χ0n) is 8.58. The normalized spacial score (nSPS) is 13.2. The smallest absolute Gasteiger partial charge is 0.323 e. The predicted molar refractivity (Wildman–Crippen MR) is 59.0 cm³/mol. The second kappa shape index (κ2) is 3.90. The molecule has 4 nitrogen and oxygen atoms in total. The molecule has 0 amide bonds. The van der Waals surface area contributed by atoms with E-state index in [-0.39, 0.29) is 18.2 Å². The second-order valence-electron chi connectivity index (χ2n) is 3.67. The van der Waals surface area contributed by atoms with Gasteiger partial charge in [-0.05, 0) is 24.1 Å². The Bertz CT molecular complexity index is 509.